The summed E-state index contributed by atoms with van der Waals surface area (Å²) in [6.45, 7) is 2.39. The number of nitrogens with zero attached hydrogens (tertiary/aromatic N) is 3. The van der Waals surface area contributed by atoms with E-state index in [9.17, 15) is 4.79 Å². The second kappa shape index (κ2) is 8.71. The van der Waals surface area contributed by atoms with E-state index in [4.69, 9.17) is 16.3 Å². The molecular weight excluding hydrogens is 376 g/mol. The van der Waals surface area contributed by atoms with Crippen LogP contribution >= 0.6 is 11.6 Å². The SMILES string of the molecule is CN=Cc1ccccc1Cn1cc(OC)c(=O)nc1Nc1cccc(Cl)c1C. The second-order valence-corrected chi connectivity index (χ2v) is 6.60. The highest BCUT2D eigenvalue weighted by Gasteiger charge is 2.12. The molecule has 1 aromatic heterocycles. The van der Waals surface area contributed by atoms with Gasteiger partial charge in [-0.05, 0) is 35.7 Å². The van der Waals surface area contributed by atoms with Crippen LogP contribution in [0.15, 0.2) is 58.4 Å². The van der Waals surface area contributed by atoms with Gasteiger partial charge in [-0.15, -0.1) is 0 Å². The summed E-state index contributed by atoms with van der Waals surface area (Å²) in [5, 5.41) is 3.86. The summed E-state index contributed by atoms with van der Waals surface area (Å²) >= 11 is 6.22. The van der Waals surface area contributed by atoms with E-state index in [2.05, 4.69) is 15.3 Å². The van der Waals surface area contributed by atoms with E-state index in [0.717, 1.165) is 22.4 Å². The zero-order valence-electron chi connectivity index (χ0n) is 15.9. The number of nitrogens with one attached hydrogen (secondary N) is 1. The normalized spacial score (nSPS) is 11.0. The summed E-state index contributed by atoms with van der Waals surface area (Å²) in [5.74, 6) is 0.578. The highest BCUT2D eigenvalue weighted by atomic mass is 35.5. The lowest BCUT2D eigenvalue weighted by Crippen LogP contribution is -2.19. The third-order valence-corrected chi connectivity index (χ3v) is 4.77. The van der Waals surface area contributed by atoms with Crippen LogP contribution in [0.4, 0.5) is 11.6 Å². The average molecular weight is 397 g/mol. The van der Waals surface area contributed by atoms with Gasteiger partial charge in [0.25, 0.3) is 0 Å². The summed E-state index contributed by atoms with van der Waals surface area (Å²) in [6, 6.07) is 13.5. The fourth-order valence-corrected chi connectivity index (χ4v) is 3.00. The van der Waals surface area contributed by atoms with Crippen molar-refractivity contribution in [3.8, 4) is 5.75 Å². The quantitative estimate of drug-likeness (QED) is 0.638. The summed E-state index contributed by atoms with van der Waals surface area (Å²) < 4.78 is 7.01. The Balaban J connectivity index is 2.07. The van der Waals surface area contributed by atoms with Crippen LogP contribution in [0.25, 0.3) is 0 Å². The van der Waals surface area contributed by atoms with Crippen LogP contribution in [0.5, 0.6) is 5.75 Å². The minimum absolute atomic E-state index is 0.176. The standard InChI is InChI=1S/C21H21ClN4O2/c1-14-17(22)9-6-10-18(14)24-21-25-20(27)19(28-3)13-26(21)12-16-8-5-4-7-15(16)11-23-2/h4-11,13H,12H2,1-3H3,(H,24,25,27). The van der Waals surface area contributed by atoms with Crippen LogP contribution in [-0.4, -0.2) is 29.9 Å². The molecule has 3 rings (SSSR count). The summed E-state index contributed by atoms with van der Waals surface area (Å²) in [6.07, 6.45) is 3.45. The first-order chi connectivity index (χ1) is 13.5. The van der Waals surface area contributed by atoms with Crippen molar-refractivity contribution in [2.45, 2.75) is 13.5 Å². The van der Waals surface area contributed by atoms with Gasteiger partial charge in [0.2, 0.25) is 11.7 Å². The number of halogens is 1. The van der Waals surface area contributed by atoms with Crippen LogP contribution in [0.1, 0.15) is 16.7 Å². The van der Waals surface area contributed by atoms with Gasteiger partial charge in [0, 0.05) is 24.0 Å². The third-order valence-electron chi connectivity index (χ3n) is 4.36. The van der Waals surface area contributed by atoms with Gasteiger partial charge in [0.15, 0.2) is 0 Å². The van der Waals surface area contributed by atoms with Crippen LogP contribution in [-0.2, 0) is 6.54 Å². The van der Waals surface area contributed by atoms with E-state index in [0.29, 0.717) is 17.5 Å². The van der Waals surface area contributed by atoms with Crippen LogP contribution in [0.2, 0.25) is 5.02 Å². The Morgan fingerprint density at radius 3 is 2.79 bits per heavy atom. The van der Waals surface area contributed by atoms with E-state index < -0.39 is 5.56 Å². The average Bonchev–Trinajstić information content (AvgIpc) is 2.69. The molecule has 144 valence electrons. The van der Waals surface area contributed by atoms with Crippen molar-refractivity contribution in [1.82, 2.24) is 9.55 Å². The Morgan fingerprint density at radius 1 is 1.25 bits per heavy atom. The van der Waals surface area contributed by atoms with E-state index in [-0.39, 0.29) is 5.75 Å². The molecule has 0 spiro atoms. The summed E-state index contributed by atoms with van der Waals surface area (Å²) in [5.41, 5.74) is 3.24. The predicted octanol–water partition coefficient (Wildman–Crippen LogP) is 4.05. The second-order valence-electron chi connectivity index (χ2n) is 6.19. The molecular formula is C21H21ClN4O2. The molecule has 7 heteroatoms. The predicted molar refractivity (Wildman–Crippen MR) is 114 cm³/mol. The highest BCUT2D eigenvalue weighted by Crippen LogP contribution is 2.26. The van der Waals surface area contributed by atoms with Gasteiger partial charge in [0.1, 0.15) is 0 Å². The van der Waals surface area contributed by atoms with Gasteiger partial charge in [-0.1, -0.05) is 41.9 Å². The molecule has 2 aromatic carbocycles. The minimum Gasteiger partial charge on any atom is -0.490 e. The molecule has 0 aliphatic carbocycles. The number of anilines is 2. The fraction of sp³-hybridized carbons (Fsp3) is 0.190. The largest absolute Gasteiger partial charge is 0.490 e. The Bertz CT molecular complexity index is 1080. The van der Waals surface area contributed by atoms with Crippen molar-refractivity contribution in [2.75, 3.05) is 19.5 Å². The number of hydrogen-bond donors (Lipinski definition) is 1. The molecule has 0 aliphatic heterocycles. The molecule has 0 unspecified atom stereocenters. The highest BCUT2D eigenvalue weighted by molar-refractivity contribution is 6.31. The molecule has 0 saturated heterocycles. The monoisotopic (exact) mass is 396 g/mol. The van der Waals surface area contributed by atoms with Crippen molar-refractivity contribution in [3.05, 3.63) is 80.7 Å². The molecule has 0 bridgehead atoms. The van der Waals surface area contributed by atoms with Crippen molar-refractivity contribution in [3.63, 3.8) is 0 Å². The topological polar surface area (TPSA) is 68.5 Å². The lowest BCUT2D eigenvalue weighted by atomic mass is 10.1. The van der Waals surface area contributed by atoms with Gasteiger partial charge in [-0.3, -0.25) is 9.79 Å². The maximum Gasteiger partial charge on any atom is 0.316 e. The van der Waals surface area contributed by atoms with E-state index in [1.807, 2.05) is 54.0 Å². The third kappa shape index (κ3) is 4.23. The number of aliphatic imine (C=N–C) groups is 1. The molecule has 0 radical (unpaired) electrons. The zero-order valence-corrected chi connectivity index (χ0v) is 16.7. The van der Waals surface area contributed by atoms with Gasteiger partial charge >= 0.3 is 5.56 Å². The van der Waals surface area contributed by atoms with Gasteiger partial charge in [-0.2, -0.15) is 4.98 Å². The molecule has 0 fully saturated rings. The van der Waals surface area contributed by atoms with E-state index >= 15 is 0 Å². The zero-order chi connectivity index (χ0) is 20.1. The van der Waals surface area contributed by atoms with E-state index in [1.54, 1.807) is 19.5 Å². The molecule has 6 nitrogen and oxygen atoms in total. The molecule has 0 atom stereocenters. The first kappa shape index (κ1) is 19.6. The molecule has 1 N–H and O–H groups in total. The van der Waals surface area contributed by atoms with E-state index in [1.165, 1.54) is 7.11 Å². The van der Waals surface area contributed by atoms with Gasteiger partial charge in [-0.25, -0.2) is 0 Å². The smallest absolute Gasteiger partial charge is 0.316 e. The number of ether oxygens (including phenoxy) is 1. The van der Waals surface area contributed by atoms with Crippen LogP contribution in [0.3, 0.4) is 0 Å². The Kier molecular flexibility index (Phi) is 6.11. The first-order valence-corrected chi connectivity index (χ1v) is 9.09. The molecule has 0 amide bonds. The molecule has 28 heavy (non-hydrogen) atoms. The van der Waals surface area contributed by atoms with Gasteiger partial charge < -0.3 is 14.6 Å². The van der Waals surface area contributed by atoms with Crippen molar-refractivity contribution in [2.24, 2.45) is 4.99 Å². The van der Waals surface area contributed by atoms with Crippen molar-refractivity contribution in [1.29, 1.82) is 0 Å². The molecule has 0 aliphatic rings. The van der Waals surface area contributed by atoms with Gasteiger partial charge in [0.05, 0.1) is 19.9 Å². The lowest BCUT2D eigenvalue weighted by molar-refractivity contribution is 0.402. The first-order valence-electron chi connectivity index (χ1n) is 8.71. The minimum atomic E-state index is -0.440. The number of benzene rings is 2. The Labute approximate surface area is 168 Å². The Hall–Kier alpha value is -3.12. The molecule has 3 aromatic rings. The van der Waals surface area contributed by atoms with Crippen LogP contribution < -0.4 is 15.6 Å². The van der Waals surface area contributed by atoms with Crippen LogP contribution in [0, 0.1) is 6.92 Å². The summed E-state index contributed by atoms with van der Waals surface area (Å²) in [7, 11) is 3.18. The van der Waals surface area contributed by atoms with Crippen molar-refractivity contribution < 1.29 is 4.74 Å². The molecule has 1 heterocycles. The maximum absolute atomic E-state index is 12.3. The van der Waals surface area contributed by atoms with Crippen molar-refractivity contribution >= 4 is 29.5 Å². The molecule has 0 saturated carbocycles. The number of rotatable bonds is 6. The summed E-state index contributed by atoms with van der Waals surface area (Å²) in [4.78, 5) is 20.5. The maximum atomic E-state index is 12.3. The Morgan fingerprint density at radius 2 is 2.04 bits per heavy atom. The number of aromatic nitrogens is 2. The number of hydrogen-bond acceptors (Lipinski definition) is 5. The lowest BCUT2D eigenvalue weighted by Gasteiger charge is -2.17. The number of methoxy groups -OCH3 is 1. The fourth-order valence-electron chi connectivity index (χ4n) is 2.82.